The number of rotatable bonds is 8. The minimum Gasteiger partial charge on any atom is -0.440 e. The molecule has 152 valence electrons. The molecule has 9 heteroatoms. The molecule has 1 aliphatic heterocycles. The second kappa shape index (κ2) is 9.81. The van der Waals surface area contributed by atoms with Gasteiger partial charge < -0.3 is 19.4 Å². The molecule has 0 radical (unpaired) electrons. The average molecular weight is 407 g/mol. The van der Waals surface area contributed by atoms with Crippen LogP contribution in [0.4, 0.5) is 0 Å². The monoisotopic (exact) mass is 406 g/mol. The van der Waals surface area contributed by atoms with Gasteiger partial charge in [-0.05, 0) is 18.4 Å². The molecule has 3 rings (SSSR count). The van der Waals surface area contributed by atoms with Crippen LogP contribution < -0.4 is 5.32 Å². The maximum atomic E-state index is 12.7. The molecule has 2 amide bonds. The second-order valence-electron chi connectivity index (χ2n) is 6.68. The van der Waals surface area contributed by atoms with E-state index in [0.717, 1.165) is 4.88 Å². The summed E-state index contributed by atoms with van der Waals surface area (Å²) < 4.78 is 10.6. The minimum atomic E-state index is -0.0174. The van der Waals surface area contributed by atoms with Crippen molar-refractivity contribution < 1.29 is 18.7 Å². The van der Waals surface area contributed by atoms with Crippen molar-refractivity contribution in [2.45, 2.75) is 13.3 Å². The number of nitrogens with zero attached hydrogens (tertiary/aromatic N) is 3. The smallest absolute Gasteiger partial charge is 0.236 e. The highest BCUT2D eigenvalue weighted by molar-refractivity contribution is 7.13. The Morgan fingerprint density at radius 1 is 1.32 bits per heavy atom. The molecule has 1 fully saturated rings. The van der Waals surface area contributed by atoms with Gasteiger partial charge in [-0.25, -0.2) is 4.98 Å². The van der Waals surface area contributed by atoms with Crippen LogP contribution in [0.3, 0.4) is 0 Å². The number of thiophene rings is 1. The number of piperazine rings is 1. The fourth-order valence-electron chi connectivity index (χ4n) is 3.06. The number of aromatic nitrogens is 1. The molecule has 1 aliphatic rings. The van der Waals surface area contributed by atoms with E-state index in [9.17, 15) is 9.59 Å². The SMILES string of the molecule is COCCNC(=O)CN1CCN(C(=O)Cc2nc(-c3cccs3)oc2C)CC1. The quantitative estimate of drug-likeness (QED) is 0.662. The molecular weight excluding hydrogens is 380 g/mol. The lowest BCUT2D eigenvalue weighted by molar-refractivity contribution is -0.132. The highest BCUT2D eigenvalue weighted by atomic mass is 32.1. The first kappa shape index (κ1) is 20.5. The van der Waals surface area contributed by atoms with E-state index >= 15 is 0 Å². The van der Waals surface area contributed by atoms with Crippen LogP contribution in [-0.2, 0) is 20.7 Å². The van der Waals surface area contributed by atoms with Crippen molar-refractivity contribution in [2.75, 3.05) is 53.0 Å². The van der Waals surface area contributed by atoms with Crippen LogP contribution in [0.2, 0.25) is 0 Å². The Labute approximate surface area is 168 Å². The van der Waals surface area contributed by atoms with Crippen LogP contribution >= 0.6 is 11.3 Å². The van der Waals surface area contributed by atoms with Crippen LogP contribution in [0, 0.1) is 6.92 Å². The molecule has 0 aromatic carbocycles. The molecule has 28 heavy (non-hydrogen) atoms. The topological polar surface area (TPSA) is 87.9 Å². The van der Waals surface area contributed by atoms with Crippen LogP contribution in [0.5, 0.6) is 0 Å². The van der Waals surface area contributed by atoms with Gasteiger partial charge in [0.25, 0.3) is 0 Å². The van der Waals surface area contributed by atoms with Gasteiger partial charge in [0.2, 0.25) is 17.7 Å². The Balaban J connectivity index is 1.46. The number of carbonyl (C=O) groups is 2. The molecule has 1 N–H and O–H groups in total. The summed E-state index contributed by atoms with van der Waals surface area (Å²) in [5.74, 6) is 1.28. The maximum absolute atomic E-state index is 12.7. The average Bonchev–Trinajstić information content (AvgIpc) is 3.33. The van der Waals surface area contributed by atoms with Gasteiger partial charge in [0.1, 0.15) is 5.76 Å². The summed E-state index contributed by atoms with van der Waals surface area (Å²) >= 11 is 1.56. The zero-order valence-corrected chi connectivity index (χ0v) is 17.1. The largest absolute Gasteiger partial charge is 0.440 e. The van der Waals surface area contributed by atoms with Crippen molar-refractivity contribution in [3.8, 4) is 10.8 Å². The van der Waals surface area contributed by atoms with Gasteiger partial charge in [0.05, 0.1) is 30.1 Å². The van der Waals surface area contributed by atoms with Crippen LogP contribution in [-0.4, -0.2) is 79.6 Å². The maximum Gasteiger partial charge on any atom is 0.236 e. The van der Waals surface area contributed by atoms with E-state index in [1.165, 1.54) is 0 Å². The third-order valence-corrected chi connectivity index (χ3v) is 5.52. The predicted octanol–water partition coefficient (Wildman–Crippen LogP) is 1.16. The van der Waals surface area contributed by atoms with Crippen LogP contribution in [0.25, 0.3) is 10.8 Å². The molecule has 1 saturated heterocycles. The van der Waals surface area contributed by atoms with Crippen molar-refractivity contribution >= 4 is 23.2 Å². The van der Waals surface area contributed by atoms with E-state index in [1.807, 2.05) is 29.3 Å². The molecule has 0 atom stereocenters. The summed E-state index contributed by atoms with van der Waals surface area (Å²) in [6.45, 7) is 5.79. The molecule has 2 aromatic heterocycles. The van der Waals surface area contributed by atoms with Crippen molar-refractivity contribution in [3.63, 3.8) is 0 Å². The lowest BCUT2D eigenvalue weighted by atomic mass is 10.2. The number of ether oxygens (including phenoxy) is 1. The number of hydrogen-bond donors (Lipinski definition) is 1. The molecule has 0 aliphatic carbocycles. The number of oxazole rings is 1. The normalized spacial score (nSPS) is 15.0. The Bertz CT molecular complexity index is 782. The molecule has 0 unspecified atom stereocenters. The van der Waals surface area contributed by atoms with Gasteiger partial charge in [0.15, 0.2) is 0 Å². The molecule has 3 heterocycles. The van der Waals surface area contributed by atoms with Crippen LogP contribution in [0.1, 0.15) is 11.5 Å². The predicted molar refractivity (Wildman–Crippen MR) is 106 cm³/mol. The van der Waals surface area contributed by atoms with Gasteiger partial charge in [-0.3, -0.25) is 14.5 Å². The van der Waals surface area contributed by atoms with Crippen molar-refractivity contribution in [3.05, 3.63) is 29.0 Å². The summed E-state index contributed by atoms with van der Waals surface area (Å²) in [5, 5.41) is 4.78. The van der Waals surface area contributed by atoms with E-state index in [4.69, 9.17) is 9.15 Å². The number of methoxy groups -OCH3 is 1. The first-order valence-electron chi connectivity index (χ1n) is 9.32. The molecule has 0 bridgehead atoms. The van der Waals surface area contributed by atoms with Crippen LogP contribution in [0.15, 0.2) is 21.9 Å². The minimum absolute atomic E-state index is 0.0174. The van der Waals surface area contributed by atoms with E-state index < -0.39 is 0 Å². The van der Waals surface area contributed by atoms with Gasteiger partial charge >= 0.3 is 0 Å². The first-order chi connectivity index (χ1) is 13.6. The number of amides is 2. The highest BCUT2D eigenvalue weighted by Gasteiger charge is 2.24. The highest BCUT2D eigenvalue weighted by Crippen LogP contribution is 2.26. The summed E-state index contributed by atoms with van der Waals surface area (Å²) in [6.07, 6.45) is 0.234. The Kier molecular flexibility index (Phi) is 7.18. The summed E-state index contributed by atoms with van der Waals surface area (Å²) in [4.78, 5) is 33.9. The first-order valence-corrected chi connectivity index (χ1v) is 10.2. The lowest BCUT2D eigenvalue weighted by Crippen LogP contribution is -2.51. The molecule has 0 saturated carbocycles. The Morgan fingerprint density at radius 2 is 2.11 bits per heavy atom. The van der Waals surface area contributed by atoms with Gasteiger partial charge in [0, 0.05) is 39.8 Å². The molecule has 2 aromatic rings. The fraction of sp³-hybridized carbons (Fsp3) is 0.526. The summed E-state index contributed by atoms with van der Waals surface area (Å²) in [7, 11) is 1.60. The third-order valence-electron chi connectivity index (χ3n) is 4.66. The number of carbonyl (C=O) groups excluding carboxylic acids is 2. The third kappa shape index (κ3) is 5.40. The summed E-state index contributed by atoms with van der Waals surface area (Å²) in [6, 6.07) is 3.90. The zero-order chi connectivity index (χ0) is 19.9. The molecular formula is C19H26N4O4S. The van der Waals surface area contributed by atoms with Gasteiger partial charge in [-0.2, -0.15) is 0 Å². The van der Waals surface area contributed by atoms with Crippen molar-refractivity contribution in [1.29, 1.82) is 0 Å². The number of aryl methyl sites for hydroxylation is 1. The van der Waals surface area contributed by atoms with Gasteiger partial charge in [-0.15, -0.1) is 11.3 Å². The lowest BCUT2D eigenvalue weighted by Gasteiger charge is -2.34. The standard InChI is InChI=1S/C19H26N4O4S/c1-14-15(21-19(27-14)16-4-3-11-28-16)12-18(25)23-8-6-22(7-9-23)13-17(24)20-5-10-26-2/h3-4,11H,5-10,12-13H2,1-2H3,(H,20,24). The van der Waals surface area contributed by atoms with E-state index in [0.29, 0.717) is 63.2 Å². The Hall–Kier alpha value is -2.23. The van der Waals surface area contributed by atoms with E-state index in [2.05, 4.69) is 15.2 Å². The van der Waals surface area contributed by atoms with Crippen molar-refractivity contribution in [2.24, 2.45) is 0 Å². The number of hydrogen-bond acceptors (Lipinski definition) is 7. The van der Waals surface area contributed by atoms with Gasteiger partial charge in [-0.1, -0.05) is 6.07 Å². The zero-order valence-electron chi connectivity index (χ0n) is 16.3. The molecule has 0 spiro atoms. The Morgan fingerprint density at radius 3 is 2.79 bits per heavy atom. The fourth-order valence-corrected chi connectivity index (χ4v) is 3.71. The van der Waals surface area contributed by atoms with E-state index in [1.54, 1.807) is 18.4 Å². The second-order valence-corrected chi connectivity index (χ2v) is 7.62. The summed E-state index contributed by atoms with van der Waals surface area (Å²) in [5.41, 5.74) is 0.688. The van der Waals surface area contributed by atoms with E-state index in [-0.39, 0.29) is 18.2 Å². The molecule has 8 nitrogen and oxygen atoms in total. The van der Waals surface area contributed by atoms with Crippen molar-refractivity contribution in [1.82, 2.24) is 20.1 Å². The number of nitrogens with one attached hydrogen (secondary N) is 1.